The molecule has 0 atom stereocenters. The number of carbonyl (C=O) groups excluding carboxylic acids is 2. The number of aliphatic carboxylic acids is 1. The van der Waals surface area contributed by atoms with Crippen molar-refractivity contribution in [3.63, 3.8) is 0 Å². The van der Waals surface area contributed by atoms with Gasteiger partial charge in [0.05, 0.1) is 22.7 Å². The Bertz CT molecular complexity index is 1080. The molecule has 30 heavy (non-hydrogen) atoms. The van der Waals surface area contributed by atoms with Crippen LogP contribution in [0.3, 0.4) is 0 Å². The predicted molar refractivity (Wildman–Crippen MR) is 123 cm³/mol. The van der Waals surface area contributed by atoms with E-state index in [1.807, 2.05) is 32.0 Å². The zero-order valence-electron chi connectivity index (χ0n) is 16.5. The normalized spacial score (nSPS) is 15.2. The third kappa shape index (κ3) is 4.77. The fraction of sp³-hybridized carbons (Fsp3) is 0.250. The van der Waals surface area contributed by atoms with Crippen LogP contribution < -0.4 is 4.90 Å². The van der Waals surface area contributed by atoms with Gasteiger partial charge in [0.25, 0.3) is 5.91 Å². The molecule has 1 aliphatic rings. The van der Waals surface area contributed by atoms with E-state index in [0.717, 1.165) is 28.6 Å². The molecule has 1 aromatic heterocycles. The van der Waals surface area contributed by atoms with Gasteiger partial charge in [0.2, 0.25) is 5.91 Å². The highest BCUT2D eigenvalue weighted by Crippen LogP contribution is 2.35. The number of aryl methyl sites for hydroxylation is 2. The highest BCUT2D eigenvalue weighted by Gasteiger charge is 2.32. The number of thiazole rings is 1. The zero-order chi connectivity index (χ0) is 22.0. The summed E-state index contributed by atoms with van der Waals surface area (Å²) < 4.78 is 0.323. The Labute approximate surface area is 187 Å². The quantitative estimate of drug-likeness (QED) is 0.511. The molecule has 0 aliphatic carbocycles. The topological polar surface area (TPSA) is 90.8 Å². The lowest BCUT2D eigenvalue weighted by atomic mass is 10.1. The molecule has 3 rings (SSSR count). The summed E-state index contributed by atoms with van der Waals surface area (Å²) in [6.07, 6.45) is 1.43. The summed E-state index contributed by atoms with van der Waals surface area (Å²) in [5, 5.41) is 11.1. The Morgan fingerprint density at radius 3 is 2.67 bits per heavy atom. The van der Waals surface area contributed by atoms with Gasteiger partial charge in [-0.15, -0.1) is 11.3 Å². The van der Waals surface area contributed by atoms with Gasteiger partial charge >= 0.3 is 5.97 Å². The molecule has 2 amide bonds. The van der Waals surface area contributed by atoms with Crippen molar-refractivity contribution in [2.75, 3.05) is 11.4 Å². The summed E-state index contributed by atoms with van der Waals surface area (Å²) in [6, 6.07) is 5.77. The number of amides is 2. The minimum Gasteiger partial charge on any atom is -0.481 e. The molecule has 156 valence electrons. The average Bonchev–Trinajstić information content (AvgIpc) is 3.21. The molecule has 0 unspecified atom stereocenters. The van der Waals surface area contributed by atoms with Crippen molar-refractivity contribution in [3.05, 3.63) is 45.3 Å². The minimum absolute atomic E-state index is 0.0323. The predicted octanol–water partition coefficient (Wildman–Crippen LogP) is 4.12. The number of aromatic nitrogens is 1. The number of carboxylic acid groups (broad SMARTS) is 1. The van der Waals surface area contributed by atoms with Gasteiger partial charge in [-0.1, -0.05) is 30.0 Å². The number of carboxylic acids is 1. The van der Waals surface area contributed by atoms with Gasteiger partial charge in [0, 0.05) is 18.8 Å². The van der Waals surface area contributed by atoms with Crippen molar-refractivity contribution in [1.82, 2.24) is 9.88 Å². The summed E-state index contributed by atoms with van der Waals surface area (Å²) in [5.41, 5.74) is 3.46. The van der Waals surface area contributed by atoms with E-state index in [0.29, 0.717) is 20.1 Å². The lowest BCUT2D eigenvalue weighted by Crippen LogP contribution is -2.30. The first kappa shape index (κ1) is 22.1. The number of thioether (sulfide) groups is 1. The Balaban J connectivity index is 1.85. The number of anilines is 2. The smallest absolute Gasteiger partial charge is 0.305 e. The molecule has 2 aromatic rings. The highest BCUT2D eigenvalue weighted by molar-refractivity contribution is 8.26. The monoisotopic (exact) mass is 461 g/mol. The van der Waals surface area contributed by atoms with Gasteiger partial charge in [-0.2, -0.15) is 0 Å². The average molecular weight is 462 g/mol. The van der Waals surface area contributed by atoms with Crippen molar-refractivity contribution < 1.29 is 19.5 Å². The van der Waals surface area contributed by atoms with Crippen LogP contribution in [0.5, 0.6) is 0 Å². The van der Waals surface area contributed by atoms with Crippen LogP contribution in [0.4, 0.5) is 10.8 Å². The van der Waals surface area contributed by atoms with Crippen LogP contribution in [0.2, 0.25) is 0 Å². The first-order valence-corrected chi connectivity index (χ1v) is 11.1. The lowest BCUT2D eigenvalue weighted by molar-refractivity contribution is -0.137. The number of nitrogens with zero attached hydrogens (tertiary/aromatic N) is 3. The van der Waals surface area contributed by atoms with Crippen molar-refractivity contribution in [2.24, 2.45) is 0 Å². The molecule has 2 heterocycles. The second-order valence-corrected chi connectivity index (χ2v) is 9.17. The zero-order valence-corrected chi connectivity index (χ0v) is 19.0. The van der Waals surface area contributed by atoms with Crippen molar-refractivity contribution in [2.45, 2.75) is 27.2 Å². The van der Waals surface area contributed by atoms with Crippen LogP contribution in [0.1, 0.15) is 30.2 Å². The number of rotatable bonds is 6. The molecule has 1 aromatic carbocycles. The molecule has 1 fully saturated rings. The molecule has 1 aliphatic heterocycles. The molecule has 0 saturated carbocycles. The van der Waals surface area contributed by atoms with Crippen LogP contribution in [0.25, 0.3) is 6.08 Å². The van der Waals surface area contributed by atoms with Gasteiger partial charge in [0.1, 0.15) is 4.32 Å². The van der Waals surface area contributed by atoms with Gasteiger partial charge in [-0.25, -0.2) is 4.98 Å². The van der Waals surface area contributed by atoms with E-state index in [1.54, 1.807) is 11.5 Å². The Kier molecular flexibility index (Phi) is 6.69. The lowest BCUT2D eigenvalue weighted by Gasteiger charge is -2.19. The van der Waals surface area contributed by atoms with E-state index in [1.165, 1.54) is 28.1 Å². The van der Waals surface area contributed by atoms with E-state index in [-0.39, 0.29) is 24.8 Å². The third-order valence-corrected chi connectivity index (χ3v) is 6.69. The summed E-state index contributed by atoms with van der Waals surface area (Å²) in [5.74, 6) is -1.50. The van der Waals surface area contributed by atoms with Gasteiger partial charge < -0.3 is 5.11 Å². The number of hydrogen-bond acceptors (Lipinski definition) is 7. The minimum atomic E-state index is -0.993. The van der Waals surface area contributed by atoms with Gasteiger partial charge in [0.15, 0.2) is 5.13 Å². The molecule has 0 radical (unpaired) electrons. The molecular formula is C20H19N3O4S3. The van der Waals surface area contributed by atoms with Crippen molar-refractivity contribution in [1.29, 1.82) is 0 Å². The second kappa shape index (κ2) is 9.07. The molecular weight excluding hydrogens is 442 g/mol. The fourth-order valence-corrected chi connectivity index (χ4v) is 4.91. The SMILES string of the molecule is CC(=O)N(c1ccc(C)c(C)c1)c1nc(C=C2SC(=S)N(CCC(=O)O)C2=O)cs1. The molecule has 0 spiro atoms. The van der Waals surface area contributed by atoms with Crippen LogP contribution in [-0.4, -0.2) is 43.6 Å². The van der Waals surface area contributed by atoms with Crippen molar-refractivity contribution in [3.8, 4) is 0 Å². The standard InChI is InChI=1S/C20H19N3O4S3/c1-11-4-5-15(8-12(11)2)23(13(3)24)19-21-14(10-29-19)9-16-18(27)22(20(28)30-16)7-6-17(25)26/h4-5,8-10H,6-7H2,1-3H3,(H,25,26). The first-order chi connectivity index (χ1) is 14.2. The Morgan fingerprint density at radius 1 is 1.30 bits per heavy atom. The van der Waals surface area contributed by atoms with Gasteiger partial charge in [-0.3, -0.25) is 24.2 Å². The second-order valence-electron chi connectivity index (χ2n) is 6.66. The van der Waals surface area contributed by atoms with Crippen molar-refractivity contribution >= 4 is 74.3 Å². The van der Waals surface area contributed by atoms with Crippen LogP contribution in [0, 0.1) is 13.8 Å². The number of carbonyl (C=O) groups is 3. The maximum atomic E-state index is 12.5. The van der Waals surface area contributed by atoms with Crippen LogP contribution >= 0.6 is 35.3 Å². The molecule has 10 heteroatoms. The van der Waals surface area contributed by atoms with E-state index in [2.05, 4.69) is 4.98 Å². The van der Waals surface area contributed by atoms with E-state index in [4.69, 9.17) is 17.3 Å². The van der Waals surface area contributed by atoms with E-state index >= 15 is 0 Å². The highest BCUT2D eigenvalue weighted by atomic mass is 32.2. The summed E-state index contributed by atoms with van der Waals surface area (Å²) in [6.45, 7) is 5.50. The number of hydrogen-bond donors (Lipinski definition) is 1. The number of thiocarbonyl (C=S) groups is 1. The van der Waals surface area contributed by atoms with Gasteiger partial charge in [-0.05, 0) is 43.2 Å². The van der Waals surface area contributed by atoms with E-state index < -0.39 is 5.97 Å². The maximum absolute atomic E-state index is 12.5. The largest absolute Gasteiger partial charge is 0.481 e. The fourth-order valence-electron chi connectivity index (χ4n) is 2.77. The maximum Gasteiger partial charge on any atom is 0.305 e. The summed E-state index contributed by atoms with van der Waals surface area (Å²) in [4.78, 5) is 43.3. The first-order valence-electron chi connectivity index (χ1n) is 8.98. The Morgan fingerprint density at radius 2 is 2.03 bits per heavy atom. The van der Waals surface area contributed by atoms with Crippen LogP contribution in [-0.2, 0) is 14.4 Å². The summed E-state index contributed by atoms with van der Waals surface area (Å²) >= 11 is 7.60. The molecule has 1 saturated heterocycles. The molecule has 0 bridgehead atoms. The third-order valence-electron chi connectivity index (χ3n) is 4.47. The molecule has 7 nitrogen and oxygen atoms in total. The molecule has 1 N–H and O–H groups in total. The van der Waals surface area contributed by atoms with E-state index in [9.17, 15) is 14.4 Å². The Hall–Kier alpha value is -2.56. The van der Waals surface area contributed by atoms with Crippen LogP contribution in [0.15, 0.2) is 28.5 Å². The number of benzene rings is 1. The summed E-state index contributed by atoms with van der Waals surface area (Å²) in [7, 11) is 0.